The molecule has 5 heteroatoms. The highest BCUT2D eigenvalue weighted by Crippen LogP contribution is 2.25. The lowest BCUT2D eigenvalue weighted by Gasteiger charge is -2.03. The van der Waals surface area contributed by atoms with E-state index in [0.717, 1.165) is 15.4 Å². The van der Waals surface area contributed by atoms with Gasteiger partial charge in [-0.15, -0.1) is 10.2 Å². The summed E-state index contributed by atoms with van der Waals surface area (Å²) in [5, 5.41) is 13.8. The van der Waals surface area contributed by atoms with E-state index in [1.165, 1.54) is 5.39 Å². The van der Waals surface area contributed by atoms with Gasteiger partial charge in [-0.1, -0.05) is 41.9 Å². The average Bonchev–Trinajstić information content (AvgIpc) is 2.93. The minimum atomic E-state index is 0.388. The Hall–Kier alpha value is -1.72. The Kier molecular flexibility index (Phi) is 4.03. The minimum absolute atomic E-state index is 0.388. The number of benzene rings is 2. The van der Waals surface area contributed by atoms with Gasteiger partial charge in [0, 0.05) is 16.1 Å². The van der Waals surface area contributed by atoms with Crippen LogP contribution in [-0.4, -0.2) is 16.2 Å². The molecule has 0 aliphatic rings. The zero-order valence-electron chi connectivity index (χ0n) is 11.9. The number of halogens is 1. The van der Waals surface area contributed by atoms with E-state index in [4.69, 9.17) is 4.42 Å². The Morgan fingerprint density at radius 2 is 1.86 bits per heavy atom. The lowest BCUT2D eigenvalue weighted by Crippen LogP contribution is -2.21. The Labute approximate surface area is 131 Å². The van der Waals surface area contributed by atoms with Crippen molar-refractivity contribution in [2.24, 2.45) is 0 Å². The highest BCUT2D eigenvalue weighted by Gasteiger charge is 2.09. The van der Waals surface area contributed by atoms with Crippen molar-refractivity contribution in [1.82, 2.24) is 15.5 Å². The molecule has 4 nitrogen and oxygen atoms in total. The second-order valence-corrected chi connectivity index (χ2v) is 6.16. The number of nitrogens with one attached hydrogen (secondary N) is 1. The quantitative estimate of drug-likeness (QED) is 0.771. The second kappa shape index (κ2) is 5.95. The molecule has 2 aromatic carbocycles. The first-order valence-electron chi connectivity index (χ1n) is 6.87. The van der Waals surface area contributed by atoms with Crippen LogP contribution in [0.3, 0.4) is 0 Å². The fraction of sp³-hybridized carbons (Fsp3) is 0.250. The molecule has 3 rings (SSSR count). The predicted octanol–water partition coefficient (Wildman–Crippen LogP) is 4.15. The van der Waals surface area contributed by atoms with Crippen LogP contribution in [0.4, 0.5) is 0 Å². The van der Waals surface area contributed by atoms with Gasteiger partial charge < -0.3 is 9.73 Å². The maximum absolute atomic E-state index is 5.70. The highest BCUT2D eigenvalue weighted by molar-refractivity contribution is 9.10. The molecule has 0 aliphatic heterocycles. The van der Waals surface area contributed by atoms with Crippen LogP contribution in [0.15, 0.2) is 45.3 Å². The van der Waals surface area contributed by atoms with Crippen LogP contribution in [0.2, 0.25) is 0 Å². The molecule has 0 saturated heterocycles. The molecule has 1 N–H and O–H groups in total. The van der Waals surface area contributed by atoms with E-state index >= 15 is 0 Å². The molecule has 3 aromatic rings. The maximum Gasteiger partial charge on any atom is 0.247 e. The fourth-order valence-corrected chi connectivity index (χ4v) is 2.46. The van der Waals surface area contributed by atoms with Crippen molar-refractivity contribution in [1.29, 1.82) is 0 Å². The van der Waals surface area contributed by atoms with Crippen LogP contribution in [0.25, 0.3) is 22.2 Å². The van der Waals surface area contributed by atoms with Crippen molar-refractivity contribution in [3.63, 3.8) is 0 Å². The van der Waals surface area contributed by atoms with Gasteiger partial charge in [0.05, 0.1) is 6.54 Å². The molecule has 0 bridgehead atoms. The molecule has 0 aliphatic carbocycles. The predicted molar refractivity (Wildman–Crippen MR) is 86.9 cm³/mol. The van der Waals surface area contributed by atoms with Crippen LogP contribution >= 0.6 is 15.9 Å². The van der Waals surface area contributed by atoms with Gasteiger partial charge in [-0.2, -0.15) is 0 Å². The highest BCUT2D eigenvalue weighted by atomic mass is 79.9. The molecule has 0 saturated carbocycles. The summed E-state index contributed by atoms with van der Waals surface area (Å²) in [5.74, 6) is 1.16. The van der Waals surface area contributed by atoms with Crippen molar-refractivity contribution in [3.05, 3.63) is 46.8 Å². The Bertz CT molecular complexity index is 767. The van der Waals surface area contributed by atoms with Crippen LogP contribution in [0, 0.1) is 0 Å². The second-order valence-electron chi connectivity index (χ2n) is 5.24. The third-order valence-corrected chi connectivity index (χ3v) is 3.67. The molecule has 0 unspecified atom stereocenters. The average molecular weight is 346 g/mol. The number of nitrogens with zero attached hydrogens (tertiary/aromatic N) is 2. The summed E-state index contributed by atoms with van der Waals surface area (Å²) < 4.78 is 6.77. The van der Waals surface area contributed by atoms with E-state index in [1.807, 2.05) is 12.1 Å². The van der Waals surface area contributed by atoms with Gasteiger partial charge in [-0.3, -0.25) is 0 Å². The summed E-state index contributed by atoms with van der Waals surface area (Å²) >= 11 is 3.48. The summed E-state index contributed by atoms with van der Waals surface area (Å²) in [5.41, 5.74) is 0.938. The van der Waals surface area contributed by atoms with Gasteiger partial charge in [0.1, 0.15) is 0 Å². The number of fused-ring (bicyclic) bond motifs is 1. The molecule has 1 aromatic heterocycles. The van der Waals surface area contributed by atoms with Crippen LogP contribution < -0.4 is 5.32 Å². The van der Waals surface area contributed by atoms with E-state index < -0.39 is 0 Å². The van der Waals surface area contributed by atoms with E-state index in [1.54, 1.807) is 0 Å². The molecular formula is C16H16BrN3O. The summed E-state index contributed by atoms with van der Waals surface area (Å²) in [4.78, 5) is 0. The summed E-state index contributed by atoms with van der Waals surface area (Å²) in [6.07, 6.45) is 0. The summed E-state index contributed by atoms with van der Waals surface area (Å²) in [6.45, 7) is 4.75. The van der Waals surface area contributed by atoms with Gasteiger partial charge in [-0.25, -0.2) is 0 Å². The molecule has 0 fully saturated rings. The van der Waals surface area contributed by atoms with E-state index in [-0.39, 0.29) is 0 Å². The first kappa shape index (κ1) is 14.2. The minimum Gasteiger partial charge on any atom is -0.419 e. The van der Waals surface area contributed by atoms with Gasteiger partial charge >= 0.3 is 0 Å². The zero-order chi connectivity index (χ0) is 14.8. The molecule has 108 valence electrons. The van der Waals surface area contributed by atoms with Crippen LogP contribution in [0.5, 0.6) is 0 Å². The SMILES string of the molecule is CC(C)NCc1nnc(-c2ccc3cc(Br)ccc3c2)o1. The van der Waals surface area contributed by atoms with Crippen LogP contribution in [0.1, 0.15) is 19.7 Å². The summed E-state index contributed by atoms with van der Waals surface area (Å²) in [7, 11) is 0. The zero-order valence-corrected chi connectivity index (χ0v) is 13.5. The van der Waals surface area contributed by atoms with Crippen LogP contribution in [-0.2, 0) is 6.54 Å². The van der Waals surface area contributed by atoms with E-state index in [2.05, 4.69) is 69.6 Å². The number of hydrogen-bond donors (Lipinski definition) is 1. The van der Waals surface area contributed by atoms with Crippen molar-refractivity contribution in [3.8, 4) is 11.5 Å². The number of aromatic nitrogens is 2. The van der Waals surface area contributed by atoms with Gasteiger partial charge in [0.25, 0.3) is 0 Å². The maximum atomic E-state index is 5.70. The molecule has 1 heterocycles. The standard InChI is InChI=1S/C16H16BrN3O/c1-10(2)18-9-15-19-20-16(21-15)13-4-3-12-8-14(17)6-5-11(12)7-13/h3-8,10,18H,9H2,1-2H3. The molecule has 0 atom stereocenters. The van der Waals surface area contributed by atoms with Gasteiger partial charge in [-0.05, 0) is 35.0 Å². The molecule has 0 amide bonds. The lowest BCUT2D eigenvalue weighted by molar-refractivity contribution is 0.459. The van der Waals surface area contributed by atoms with E-state index in [9.17, 15) is 0 Å². The van der Waals surface area contributed by atoms with Crippen molar-refractivity contribution in [2.45, 2.75) is 26.4 Å². The molecule has 0 radical (unpaired) electrons. The number of rotatable bonds is 4. The van der Waals surface area contributed by atoms with Gasteiger partial charge in [0.15, 0.2) is 0 Å². The first-order chi connectivity index (χ1) is 10.1. The smallest absolute Gasteiger partial charge is 0.247 e. The lowest BCUT2D eigenvalue weighted by atomic mass is 10.1. The fourth-order valence-electron chi connectivity index (χ4n) is 2.08. The summed E-state index contributed by atoms with van der Waals surface area (Å²) in [6, 6.07) is 12.7. The van der Waals surface area contributed by atoms with E-state index in [0.29, 0.717) is 24.4 Å². The normalized spacial score (nSPS) is 11.4. The number of hydrogen-bond acceptors (Lipinski definition) is 4. The topological polar surface area (TPSA) is 51.0 Å². The molecular weight excluding hydrogens is 330 g/mol. The Balaban J connectivity index is 1.88. The monoisotopic (exact) mass is 345 g/mol. The largest absolute Gasteiger partial charge is 0.419 e. The Morgan fingerprint density at radius 3 is 2.67 bits per heavy atom. The molecule has 0 spiro atoms. The third-order valence-electron chi connectivity index (χ3n) is 3.18. The molecule has 21 heavy (non-hydrogen) atoms. The van der Waals surface area contributed by atoms with Crippen molar-refractivity contribution >= 4 is 26.7 Å². The third kappa shape index (κ3) is 3.31. The Morgan fingerprint density at radius 1 is 1.10 bits per heavy atom. The first-order valence-corrected chi connectivity index (χ1v) is 7.66. The van der Waals surface area contributed by atoms with Gasteiger partial charge in [0.2, 0.25) is 11.8 Å². The van der Waals surface area contributed by atoms with Crippen molar-refractivity contribution < 1.29 is 4.42 Å². The van der Waals surface area contributed by atoms with Crippen molar-refractivity contribution in [2.75, 3.05) is 0 Å².